The van der Waals surface area contributed by atoms with E-state index in [0.29, 0.717) is 31.5 Å². The maximum atomic E-state index is 12.7. The Hall–Kier alpha value is -2.57. The van der Waals surface area contributed by atoms with Gasteiger partial charge in [0.2, 0.25) is 5.91 Å². The van der Waals surface area contributed by atoms with Gasteiger partial charge in [0.05, 0.1) is 24.1 Å². The van der Waals surface area contributed by atoms with Crippen molar-refractivity contribution in [2.75, 3.05) is 13.1 Å². The van der Waals surface area contributed by atoms with E-state index in [1.165, 1.54) is 18.2 Å². The number of likely N-dealkylation sites (tertiary alicyclic amines) is 1. The fraction of sp³-hybridized carbons (Fsp3) is 0.526. The average molecular weight is 356 g/mol. The van der Waals surface area contributed by atoms with Crippen molar-refractivity contribution in [2.24, 2.45) is 13.0 Å². The fourth-order valence-electron chi connectivity index (χ4n) is 4.06. The summed E-state index contributed by atoms with van der Waals surface area (Å²) in [7, 11) is 1.95. The minimum atomic E-state index is -0.0366. The van der Waals surface area contributed by atoms with Gasteiger partial charge < -0.3 is 14.6 Å². The Labute approximate surface area is 152 Å². The molecule has 7 nitrogen and oxygen atoms in total. The zero-order valence-corrected chi connectivity index (χ0v) is 15.0. The Morgan fingerprint density at radius 2 is 2.08 bits per heavy atom. The summed E-state index contributed by atoms with van der Waals surface area (Å²) in [4.78, 5) is 26.9. The summed E-state index contributed by atoms with van der Waals surface area (Å²) in [5, 5.41) is 7.55. The summed E-state index contributed by atoms with van der Waals surface area (Å²) in [6, 6.07) is 1.74. The number of aromatic nitrogens is 2. The normalized spacial score (nSPS) is 20.7. The van der Waals surface area contributed by atoms with Crippen LogP contribution in [0.4, 0.5) is 0 Å². The number of fused-ring (bicyclic) bond motifs is 1. The van der Waals surface area contributed by atoms with Gasteiger partial charge in [-0.05, 0) is 38.2 Å². The molecular weight excluding hydrogens is 332 g/mol. The SMILES string of the molecule is Cn1ncc2c1CCCC2NC(=O)C1CCN(C(=O)c2ccoc2)CC1. The van der Waals surface area contributed by atoms with E-state index in [1.54, 1.807) is 11.0 Å². The van der Waals surface area contributed by atoms with Crippen LogP contribution in [0.15, 0.2) is 29.2 Å². The van der Waals surface area contributed by atoms with Gasteiger partial charge in [0.1, 0.15) is 6.26 Å². The third-order valence-electron chi connectivity index (χ3n) is 5.61. The second kappa shape index (κ2) is 6.97. The van der Waals surface area contributed by atoms with Crippen LogP contribution < -0.4 is 5.32 Å². The van der Waals surface area contributed by atoms with E-state index in [1.807, 2.05) is 17.9 Å². The molecule has 4 rings (SSSR count). The van der Waals surface area contributed by atoms with Crippen LogP contribution in [0.25, 0.3) is 0 Å². The van der Waals surface area contributed by atoms with Crippen molar-refractivity contribution in [3.05, 3.63) is 41.6 Å². The molecule has 0 bridgehead atoms. The number of nitrogens with one attached hydrogen (secondary N) is 1. The van der Waals surface area contributed by atoms with E-state index < -0.39 is 0 Å². The number of aryl methyl sites for hydroxylation is 1. The highest BCUT2D eigenvalue weighted by molar-refractivity contribution is 5.94. The van der Waals surface area contributed by atoms with Crippen LogP contribution in [-0.4, -0.2) is 39.6 Å². The molecule has 1 saturated heterocycles. The van der Waals surface area contributed by atoms with Gasteiger partial charge in [-0.15, -0.1) is 0 Å². The standard InChI is InChI=1S/C19H24N4O3/c1-22-17-4-2-3-16(15(17)11-20-22)21-18(24)13-5-8-23(9-6-13)19(25)14-7-10-26-12-14/h7,10-13,16H,2-6,8-9H2,1H3,(H,21,24). The van der Waals surface area contributed by atoms with Gasteiger partial charge in [0.15, 0.2) is 0 Å². The number of rotatable bonds is 3. The first-order valence-corrected chi connectivity index (χ1v) is 9.26. The van der Waals surface area contributed by atoms with Crippen LogP contribution in [0.1, 0.15) is 53.3 Å². The Balaban J connectivity index is 1.34. The van der Waals surface area contributed by atoms with Crippen LogP contribution in [0, 0.1) is 5.92 Å². The summed E-state index contributed by atoms with van der Waals surface area (Å²) in [5.41, 5.74) is 2.95. The molecule has 2 aromatic heterocycles. The number of nitrogens with zero attached hydrogens (tertiary/aromatic N) is 3. The summed E-state index contributed by atoms with van der Waals surface area (Å²) in [6.45, 7) is 1.20. The summed E-state index contributed by atoms with van der Waals surface area (Å²) in [6.07, 6.45) is 9.29. The highest BCUT2D eigenvalue weighted by Crippen LogP contribution is 2.30. The molecular formula is C19H24N4O3. The van der Waals surface area contributed by atoms with Gasteiger partial charge in [-0.3, -0.25) is 14.3 Å². The molecule has 2 amide bonds. The Bertz CT molecular complexity index is 788. The van der Waals surface area contributed by atoms with Gasteiger partial charge in [-0.25, -0.2) is 0 Å². The van der Waals surface area contributed by atoms with Gasteiger partial charge in [-0.1, -0.05) is 0 Å². The summed E-state index contributed by atoms with van der Waals surface area (Å²) >= 11 is 0. The average Bonchev–Trinajstić information content (AvgIpc) is 3.32. The molecule has 1 aliphatic carbocycles. The summed E-state index contributed by atoms with van der Waals surface area (Å²) < 4.78 is 6.89. The minimum absolute atomic E-state index is 0.0232. The van der Waals surface area contributed by atoms with Crippen molar-refractivity contribution in [2.45, 2.75) is 38.1 Å². The third kappa shape index (κ3) is 3.13. The number of hydrogen-bond acceptors (Lipinski definition) is 4. The molecule has 1 unspecified atom stereocenters. The molecule has 26 heavy (non-hydrogen) atoms. The second-order valence-electron chi connectivity index (χ2n) is 7.20. The van der Waals surface area contributed by atoms with E-state index in [9.17, 15) is 9.59 Å². The van der Waals surface area contributed by atoms with Crippen LogP contribution in [-0.2, 0) is 18.3 Å². The van der Waals surface area contributed by atoms with E-state index in [0.717, 1.165) is 24.8 Å². The topological polar surface area (TPSA) is 80.4 Å². The molecule has 1 aliphatic heterocycles. The number of hydrogen-bond donors (Lipinski definition) is 1. The fourth-order valence-corrected chi connectivity index (χ4v) is 4.06. The Morgan fingerprint density at radius 1 is 1.27 bits per heavy atom. The lowest BCUT2D eigenvalue weighted by Gasteiger charge is -2.32. The number of furan rings is 1. The first-order valence-electron chi connectivity index (χ1n) is 9.26. The molecule has 2 aromatic rings. The van der Waals surface area contributed by atoms with Gasteiger partial charge in [0, 0.05) is 37.3 Å². The highest BCUT2D eigenvalue weighted by atomic mass is 16.3. The lowest BCUT2D eigenvalue weighted by molar-refractivity contribution is -0.127. The zero-order valence-electron chi connectivity index (χ0n) is 15.0. The van der Waals surface area contributed by atoms with Crippen molar-refractivity contribution in [3.63, 3.8) is 0 Å². The molecule has 0 saturated carbocycles. The highest BCUT2D eigenvalue weighted by Gasteiger charge is 2.31. The van der Waals surface area contributed by atoms with Crippen molar-refractivity contribution in [1.82, 2.24) is 20.0 Å². The zero-order chi connectivity index (χ0) is 18.1. The number of amides is 2. The van der Waals surface area contributed by atoms with E-state index in [2.05, 4.69) is 10.4 Å². The number of carbonyl (C=O) groups excluding carboxylic acids is 2. The van der Waals surface area contributed by atoms with Crippen molar-refractivity contribution in [3.8, 4) is 0 Å². The van der Waals surface area contributed by atoms with E-state index in [-0.39, 0.29) is 23.8 Å². The maximum absolute atomic E-state index is 12.7. The molecule has 3 heterocycles. The Kier molecular flexibility index (Phi) is 4.53. The molecule has 138 valence electrons. The first-order chi connectivity index (χ1) is 12.6. The van der Waals surface area contributed by atoms with Crippen molar-refractivity contribution >= 4 is 11.8 Å². The van der Waals surface area contributed by atoms with Crippen LogP contribution in [0.2, 0.25) is 0 Å². The molecule has 1 fully saturated rings. The second-order valence-corrected chi connectivity index (χ2v) is 7.20. The monoisotopic (exact) mass is 356 g/mol. The molecule has 1 atom stereocenters. The molecule has 0 aromatic carbocycles. The van der Waals surface area contributed by atoms with Crippen molar-refractivity contribution < 1.29 is 14.0 Å². The molecule has 1 N–H and O–H groups in total. The van der Waals surface area contributed by atoms with Gasteiger partial charge in [-0.2, -0.15) is 5.10 Å². The molecule has 0 spiro atoms. The van der Waals surface area contributed by atoms with E-state index in [4.69, 9.17) is 4.42 Å². The van der Waals surface area contributed by atoms with Gasteiger partial charge in [0.25, 0.3) is 5.91 Å². The van der Waals surface area contributed by atoms with Gasteiger partial charge >= 0.3 is 0 Å². The maximum Gasteiger partial charge on any atom is 0.257 e. The lowest BCUT2D eigenvalue weighted by atomic mass is 9.91. The number of carbonyl (C=O) groups is 2. The van der Waals surface area contributed by atoms with E-state index >= 15 is 0 Å². The van der Waals surface area contributed by atoms with Crippen LogP contribution >= 0.6 is 0 Å². The Morgan fingerprint density at radius 3 is 2.81 bits per heavy atom. The first kappa shape index (κ1) is 16.9. The molecule has 2 aliphatic rings. The third-order valence-corrected chi connectivity index (χ3v) is 5.61. The predicted octanol–water partition coefficient (Wildman–Crippen LogP) is 2.06. The van der Waals surface area contributed by atoms with Crippen LogP contribution in [0.3, 0.4) is 0 Å². The largest absolute Gasteiger partial charge is 0.472 e. The quantitative estimate of drug-likeness (QED) is 0.913. The smallest absolute Gasteiger partial charge is 0.257 e. The number of piperidine rings is 1. The lowest BCUT2D eigenvalue weighted by Crippen LogP contribution is -2.44. The molecule has 7 heteroatoms. The summed E-state index contributed by atoms with van der Waals surface area (Å²) in [5.74, 6) is 0.0393. The predicted molar refractivity (Wildman–Crippen MR) is 94.4 cm³/mol. The van der Waals surface area contributed by atoms with Crippen LogP contribution in [0.5, 0.6) is 0 Å². The molecule has 0 radical (unpaired) electrons. The minimum Gasteiger partial charge on any atom is -0.472 e. The van der Waals surface area contributed by atoms with Crippen molar-refractivity contribution in [1.29, 1.82) is 0 Å².